The number of nitrogens with zero attached hydrogens (tertiary/aromatic N) is 1. The topological polar surface area (TPSA) is 106 Å². The van der Waals surface area contributed by atoms with Gasteiger partial charge in [-0.15, -0.1) is 0 Å². The molecule has 2 amide bonds. The lowest BCUT2D eigenvalue weighted by molar-refractivity contribution is -0.136. The lowest BCUT2D eigenvalue weighted by Crippen LogP contribution is -2.32. The van der Waals surface area contributed by atoms with Crippen LogP contribution in [0, 0.1) is 0 Å². The van der Waals surface area contributed by atoms with Crippen molar-refractivity contribution in [2.45, 2.75) is 6.92 Å². The van der Waals surface area contributed by atoms with Gasteiger partial charge in [-0.1, -0.05) is 24.3 Å². The first-order chi connectivity index (χ1) is 16.0. The number of amides is 2. The molecule has 0 aromatic heterocycles. The maximum atomic E-state index is 12.2. The van der Waals surface area contributed by atoms with Gasteiger partial charge in [0, 0.05) is 4.47 Å². The number of hydrogen-bond donors (Lipinski definition) is 2. The number of carbonyl (C=O) groups is 3. The average Bonchev–Trinajstić information content (AvgIpc) is 2.81. The summed E-state index contributed by atoms with van der Waals surface area (Å²) in [5.74, 6) is -1.49. The Hall–Kier alpha value is -3.98. The number of halogens is 1. The summed E-state index contributed by atoms with van der Waals surface area (Å²) in [4.78, 5) is 36.3. The van der Waals surface area contributed by atoms with E-state index in [-0.39, 0.29) is 0 Å². The number of ether oxygens (including phenoxy) is 2. The number of anilines is 1. The van der Waals surface area contributed by atoms with Crippen molar-refractivity contribution >= 4 is 45.6 Å². The molecule has 0 bridgehead atoms. The van der Waals surface area contributed by atoms with Crippen LogP contribution in [0.1, 0.15) is 22.8 Å². The SMILES string of the molecule is CCOc1ccccc1NC(=O)C(=O)N/N=C/c1ccc(OC(=O)c2ccccc2Br)cc1. The third kappa shape index (κ3) is 6.75. The van der Waals surface area contributed by atoms with E-state index < -0.39 is 17.8 Å². The van der Waals surface area contributed by atoms with Gasteiger partial charge in [0.15, 0.2) is 0 Å². The van der Waals surface area contributed by atoms with Crippen LogP contribution in [0.2, 0.25) is 0 Å². The minimum absolute atomic E-state index is 0.351. The second-order valence-electron chi connectivity index (χ2n) is 6.52. The van der Waals surface area contributed by atoms with E-state index in [4.69, 9.17) is 9.47 Å². The van der Waals surface area contributed by atoms with E-state index in [1.165, 1.54) is 6.21 Å². The van der Waals surface area contributed by atoms with E-state index in [1.54, 1.807) is 72.8 Å². The van der Waals surface area contributed by atoms with E-state index in [1.807, 2.05) is 6.92 Å². The van der Waals surface area contributed by atoms with Crippen LogP contribution in [0.25, 0.3) is 0 Å². The molecule has 2 N–H and O–H groups in total. The summed E-state index contributed by atoms with van der Waals surface area (Å²) in [6, 6.07) is 20.2. The number of nitrogens with one attached hydrogen (secondary N) is 2. The third-order valence-corrected chi connectivity index (χ3v) is 4.90. The number of esters is 1. The quantitative estimate of drug-likeness (QED) is 0.163. The van der Waals surface area contributed by atoms with Gasteiger partial charge in [0.25, 0.3) is 0 Å². The number of hydrogen-bond acceptors (Lipinski definition) is 6. The highest BCUT2D eigenvalue weighted by Gasteiger charge is 2.15. The first-order valence-corrected chi connectivity index (χ1v) is 10.7. The van der Waals surface area contributed by atoms with Gasteiger partial charge in [0.2, 0.25) is 0 Å². The lowest BCUT2D eigenvalue weighted by Gasteiger charge is -2.10. The predicted molar refractivity (Wildman–Crippen MR) is 128 cm³/mol. The number of para-hydroxylation sites is 2. The average molecular weight is 510 g/mol. The molecule has 0 heterocycles. The van der Waals surface area contributed by atoms with E-state index in [2.05, 4.69) is 31.8 Å². The van der Waals surface area contributed by atoms with Crippen LogP contribution in [0.3, 0.4) is 0 Å². The van der Waals surface area contributed by atoms with Crippen LogP contribution in [-0.4, -0.2) is 30.6 Å². The van der Waals surface area contributed by atoms with Crippen LogP contribution in [0.4, 0.5) is 5.69 Å². The number of carbonyl (C=O) groups excluding carboxylic acids is 3. The first kappa shape index (κ1) is 23.7. The van der Waals surface area contributed by atoms with Crippen LogP contribution in [0.5, 0.6) is 11.5 Å². The summed E-state index contributed by atoms with van der Waals surface area (Å²) in [6.45, 7) is 2.24. The molecule has 0 aliphatic carbocycles. The fraction of sp³-hybridized carbons (Fsp3) is 0.0833. The molecule has 3 aromatic carbocycles. The van der Waals surface area contributed by atoms with Crippen LogP contribution in [-0.2, 0) is 9.59 Å². The third-order valence-electron chi connectivity index (χ3n) is 4.21. The Bertz CT molecular complexity index is 1180. The van der Waals surface area contributed by atoms with Gasteiger partial charge in [-0.05, 0) is 76.9 Å². The fourth-order valence-electron chi connectivity index (χ4n) is 2.66. The zero-order valence-electron chi connectivity index (χ0n) is 17.6. The van der Waals surface area contributed by atoms with Crippen molar-refractivity contribution in [3.8, 4) is 11.5 Å². The van der Waals surface area contributed by atoms with Crippen molar-refractivity contribution in [3.05, 3.63) is 88.4 Å². The molecule has 0 aliphatic heterocycles. The Kier molecular flexibility index (Phi) is 8.31. The van der Waals surface area contributed by atoms with Crippen molar-refractivity contribution in [1.29, 1.82) is 0 Å². The molecule has 9 heteroatoms. The van der Waals surface area contributed by atoms with Crippen molar-refractivity contribution in [3.63, 3.8) is 0 Å². The smallest absolute Gasteiger partial charge is 0.344 e. The molecule has 0 spiro atoms. The maximum absolute atomic E-state index is 12.2. The molecule has 0 saturated carbocycles. The summed E-state index contributed by atoms with van der Waals surface area (Å²) < 4.78 is 11.4. The summed E-state index contributed by atoms with van der Waals surface area (Å²) in [5, 5.41) is 6.27. The van der Waals surface area contributed by atoms with Gasteiger partial charge < -0.3 is 14.8 Å². The highest BCUT2D eigenvalue weighted by atomic mass is 79.9. The monoisotopic (exact) mass is 509 g/mol. The van der Waals surface area contributed by atoms with Crippen molar-refractivity contribution in [1.82, 2.24) is 5.43 Å². The minimum atomic E-state index is -0.934. The molecular formula is C24H20BrN3O5. The van der Waals surface area contributed by atoms with Crippen molar-refractivity contribution in [2.75, 3.05) is 11.9 Å². The Labute approximate surface area is 198 Å². The Morgan fingerprint density at radius 3 is 2.36 bits per heavy atom. The Morgan fingerprint density at radius 2 is 1.64 bits per heavy atom. The normalized spacial score (nSPS) is 10.5. The fourth-order valence-corrected chi connectivity index (χ4v) is 3.10. The number of rotatable bonds is 7. The molecule has 0 radical (unpaired) electrons. The predicted octanol–water partition coefficient (Wildman–Crippen LogP) is 4.16. The van der Waals surface area contributed by atoms with Crippen molar-refractivity contribution in [2.24, 2.45) is 5.10 Å². The van der Waals surface area contributed by atoms with Crippen LogP contribution < -0.4 is 20.2 Å². The molecular weight excluding hydrogens is 490 g/mol. The molecule has 8 nitrogen and oxygen atoms in total. The van der Waals surface area contributed by atoms with Crippen LogP contribution >= 0.6 is 15.9 Å². The number of hydrazone groups is 1. The molecule has 3 aromatic rings. The van der Waals surface area contributed by atoms with Gasteiger partial charge in [0.05, 0.1) is 24.1 Å². The minimum Gasteiger partial charge on any atom is -0.492 e. The zero-order chi connectivity index (χ0) is 23.6. The summed E-state index contributed by atoms with van der Waals surface area (Å²) in [5.41, 5.74) is 3.58. The van der Waals surface area contributed by atoms with E-state index in [0.717, 1.165) is 0 Å². The van der Waals surface area contributed by atoms with Gasteiger partial charge >= 0.3 is 17.8 Å². The molecule has 33 heavy (non-hydrogen) atoms. The molecule has 0 saturated heterocycles. The van der Waals surface area contributed by atoms with Gasteiger partial charge in [-0.2, -0.15) is 5.10 Å². The molecule has 168 valence electrons. The molecule has 0 aliphatic rings. The van der Waals surface area contributed by atoms with E-state index in [0.29, 0.717) is 39.4 Å². The molecule has 3 rings (SSSR count). The van der Waals surface area contributed by atoms with E-state index in [9.17, 15) is 14.4 Å². The molecule has 0 unspecified atom stereocenters. The lowest BCUT2D eigenvalue weighted by atomic mass is 10.2. The largest absolute Gasteiger partial charge is 0.492 e. The van der Waals surface area contributed by atoms with Crippen molar-refractivity contribution < 1.29 is 23.9 Å². The second-order valence-corrected chi connectivity index (χ2v) is 7.38. The summed E-state index contributed by atoms with van der Waals surface area (Å²) in [7, 11) is 0. The first-order valence-electron chi connectivity index (χ1n) is 9.91. The van der Waals surface area contributed by atoms with Gasteiger partial charge in [-0.3, -0.25) is 9.59 Å². The summed E-state index contributed by atoms with van der Waals surface area (Å²) >= 11 is 3.31. The highest BCUT2D eigenvalue weighted by molar-refractivity contribution is 9.10. The second kappa shape index (κ2) is 11.6. The van der Waals surface area contributed by atoms with Crippen LogP contribution in [0.15, 0.2) is 82.4 Å². The Morgan fingerprint density at radius 1 is 0.939 bits per heavy atom. The maximum Gasteiger partial charge on any atom is 0.344 e. The Balaban J connectivity index is 1.53. The van der Waals surface area contributed by atoms with Gasteiger partial charge in [0.1, 0.15) is 11.5 Å². The van der Waals surface area contributed by atoms with Gasteiger partial charge in [-0.25, -0.2) is 10.2 Å². The highest BCUT2D eigenvalue weighted by Crippen LogP contribution is 2.23. The standard InChI is InChI=1S/C24H20BrN3O5/c1-2-32-21-10-6-5-9-20(21)27-22(29)23(30)28-26-15-16-11-13-17(14-12-16)33-24(31)18-7-3-4-8-19(18)25/h3-15H,2H2,1H3,(H,27,29)(H,28,30)/b26-15+. The molecule has 0 atom stereocenters. The molecule has 0 fully saturated rings. The van der Waals surface area contributed by atoms with E-state index >= 15 is 0 Å². The summed E-state index contributed by atoms with van der Waals surface area (Å²) in [6.07, 6.45) is 1.36. The zero-order valence-corrected chi connectivity index (χ0v) is 19.2. The number of benzene rings is 3.